The fraction of sp³-hybridized carbons (Fsp3) is 0.278. The Labute approximate surface area is 150 Å². The molecule has 3 rings (SSSR count). The Bertz CT molecular complexity index is 822. The molecule has 0 unspecified atom stereocenters. The third-order valence-electron chi connectivity index (χ3n) is 4.12. The Kier molecular flexibility index (Phi) is 4.92. The monoisotopic (exact) mass is 356 g/mol. The maximum atomic E-state index is 12.3. The van der Waals surface area contributed by atoms with E-state index in [0.29, 0.717) is 24.4 Å². The molecule has 2 N–H and O–H groups in total. The van der Waals surface area contributed by atoms with E-state index in [2.05, 4.69) is 10.7 Å². The molecule has 4 amide bonds. The number of nitrogens with zero attached hydrogens (tertiary/aromatic N) is 2. The average molecular weight is 356 g/mol. The van der Waals surface area contributed by atoms with E-state index in [-0.39, 0.29) is 12.5 Å². The fourth-order valence-electron chi connectivity index (χ4n) is 2.65. The van der Waals surface area contributed by atoms with Gasteiger partial charge in [0.05, 0.1) is 0 Å². The molecule has 8 heteroatoms. The van der Waals surface area contributed by atoms with Gasteiger partial charge in [-0.1, -0.05) is 0 Å². The number of urea groups is 1. The third-order valence-corrected chi connectivity index (χ3v) is 4.12. The number of rotatable bonds is 5. The highest BCUT2D eigenvalue weighted by molar-refractivity contribution is 6.00. The molecule has 1 aliphatic heterocycles. The maximum Gasteiger partial charge on any atom is 0.324 e. The van der Waals surface area contributed by atoms with Crippen LogP contribution in [-0.2, 0) is 4.79 Å². The van der Waals surface area contributed by atoms with Crippen molar-refractivity contribution >= 4 is 17.8 Å². The molecular formula is C18H20N4O4. The molecule has 0 aliphatic carbocycles. The van der Waals surface area contributed by atoms with Gasteiger partial charge in [-0.3, -0.25) is 24.6 Å². The van der Waals surface area contributed by atoms with Gasteiger partial charge in [0.15, 0.2) is 6.61 Å². The summed E-state index contributed by atoms with van der Waals surface area (Å²) in [5.41, 5.74) is 5.15. The topological polar surface area (TPSA) is 92.7 Å². The van der Waals surface area contributed by atoms with E-state index in [1.54, 1.807) is 28.9 Å². The summed E-state index contributed by atoms with van der Waals surface area (Å²) in [6.45, 7) is 4.37. The number of benzene rings is 1. The summed E-state index contributed by atoms with van der Waals surface area (Å²) in [6, 6.07) is 9.90. The second-order valence-electron chi connectivity index (χ2n) is 5.98. The van der Waals surface area contributed by atoms with Gasteiger partial charge in [0, 0.05) is 30.0 Å². The fourth-order valence-corrected chi connectivity index (χ4v) is 2.65. The second-order valence-corrected chi connectivity index (χ2v) is 5.98. The first-order valence-electron chi connectivity index (χ1n) is 8.23. The number of nitrogens with one attached hydrogen (secondary N) is 2. The van der Waals surface area contributed by atoms with Crippen molar-refractivity contribution < 1.29 is 19.1 Å². The molecule has 26 heavy (non-hydrogen) atoms. The molecule has 0 saturated carbocycles. The summed E-state index contributed by atoms with van der Waals surface area (Å²) in [6.07, 6.45) is 0. The van der Waals surface area contributed by atoms with E-state index < -0.39 is 11.9 Å². The molecule has 0 radical (unpaired) electrons. The first-order chi connectivity index (χ1) is 12.5. The molecule has 2 aromatic rings. The van der Waals surface area contributed by atoms with Gasteiger partial charge in [0.2, 0.25) is 0 Å². The molecule has 1 aromatic carbocycles. The van der Waals surface area contributed by atoms with E-state index in [0.717, 1.165) is 16.3 Å². The average Bonchev–Trinajstić information content (AvgIpc) is 3.20. The van der Waals surface area contributed by atoms with Crippen molar-refractivity contribution in [1.82, 2.24) is 14.9 Å². The highest BCUT2D eigenvalue weighted by Gasteiger charge is 2.26. The Morgan fingerprint density at radius 3 is 2.35 bits per heavy atom. The van der Waals surface area contributed by atoms with E-state index in [4.69, 9.17) is 4.74 Å². The minimum atomic E-state index is -0.402. The van der Waals surface area contributed by atoms with Crippen molar-refractivity contribution in [1.29, 1.82) is 0 Å². The lowest BCUT2D eigenvalue weighted by atomic mass is 10.2. The molecule has 0 atom stereocenters. The number of aromatic nitrogens is 1. The summed E-state index contributed by atoms with van der Waals surface area (Å²) in [5.74, 6) is -0.202. The summed E-state index contributed by atoms with van der Waals surface area (Å²) in [7, 11) is 0. The summed E-state index contributed by atoms with van der Waals surface area (Å²) in [5, 5.41) is 2.56. The number of amides is 4. The highest BCUT2D eigenvalue weighted by atomic mass is 16.5. The van der Waals surface area contributed by atoms with Crippen LogP contribution in [0, 0.1) is 13.8 Å². The van der Waals surface area contributed by atoms with Crippen molar-refractivity contribution in [2.24, 2.45) is 0 Å². The minimum absolute atomic E-state index is 0.235. The first-order valence-corrected chi connectivity index (χ1v) is 8.23. The lowest BCUT2D eigenvalue weighted by Crippen LogP contribution is -2.37. The van der Waals surface area contributed by atoms with E-state index in [9.17, 15) is 14.4 Å². The van der Waals surface area contributed by atoms with E-state index >= 15 is 0 Å². The predicted octanol–water partition coefficient (Wildman–Crippen LogP) is 1.42. The molecule has 1 fully saturated rings. The largest absolute Gasteiger partial charge is 0.484 e. The third kappa shape index (κ3) is 3.69. The van der Waals surface area contributed by atoms with Crippen LogP contribution in [0.25, 0.3) is 0 Å². The second kappa shape index (κ2) is 7.30. The van der Waals surface area contributed by atoms with Crippen molar-refractivity contribution in [3.8, 4) is 5.75 Å². The van der Waals surface area contributed by atoms with Gasteiger partial charge in [0.1, 0.15) is 5.75 Å². The van der Waals surface area contributed by atoms with Crippen LogP contribution in [-0.4, -0.2) is 47.1 Å². The Morgan fingerprint density at radius 1 is 1.12 bits per heavy atom. The zero-order valence-electron chi connectivity index (χ0n) is 14.6. The molecule has 1 saturated heterocycles. The number of hydrogen-bond acceptors (Lipinski definition) is 4. The van der Waals surface area contributed by atoms with Crippen LogP contribution in [0.3, 0.4) is 0 Å². The van der Waals surface area contributed by atoms with Crippen LogP contribution >= 0.6 is 0 Å². The van der Waals surface area contributed by atoms with Gasteiger partial charge in [-0.15, -0.1) is 0 Å². The SMILES string of the molecule is Cc1ccc(C)n1NC(=O)c1ccc(OCC(=O)N2CCNC2=O)cc1. The van der Waals surface area contributed by atoms with Gasteiger partial charge in [-0.05, 0) is 50.2 Å². The molecule has 0 spiro atoms. The molecule has 1 aromatic heterocycles. The molecular weight excluding hydrogens is 336 g/mol. The van der Waals surface area contributed by atoms with Crippen LogP contribution in [0.5, 0.6) is 5.75 Å². The Hall–Kier alpha value is -3.29. The maximum absolute atomic E-state index is 12.3. The number of aryl methyl sites for hydroxylation is 2. The Morgan fingerprint density at radius 2 is 1.77 bits per heavy atom. The van der Waals surface area contributed by atoms with Crippen molar-refractivity contribution in [3.05, 3.63) is 53.3 Å². The lowest BCUT2D eigenvalue weighted by Gasteiger charge is -2.13. The zero-order valence-corrected chi connectivity index (χ0v) is 14.6. The van der Waals surface area contributed by atoms with Crippen LogP contribution in [0.4, 0.5) is 4.79 Å². The van der Waals surface area contributed by atoms with Gasteiger partial charge in [-0.25, -0.2) is 4.79 Å². The number of imide groups is 1. The van der Waals surface area contributed by atoms with Crippen molar-refractivity contribution in [2.45, 2.75) is 13.8 Å². The van der Waals surface area contributed by atoms with Crippen molar-refractivity contribution in [2.75, 3.05) is 25.1 Å². The van der Waals surface area contributed by atoms with Crippen LogP contribution in [0.2, 0.25) is 0 Å². The van der Waals surface area contributed by atoms with Crippen LogP contribution in [0.1, 0.15) is 21.7 Å². The van der Waals surface area contributed by atoms with Gasteiger partial charge in [0.25, 0.3) is 11.8 Å². The summed E-state index contributed by atoms with van der Waals surface area (Å²) < 4.78 is 7.11. The number of carbonyl (C=O) groups is 3. The van der Waals surface area contributed by atoms with Gasteiger partial charge >= 0.3 is 6.03 Å². The number of ether oxygens (including phenoxy) is 1. The molecule has 2 heterocycles. The molecule has 1 aliphatic rings. The van der Waals surface area contributed by atoms with E-state index in [1.807, 2.05) is 26.0 Å². The number of carbonyl (C=O) groups excluding carboxylic acids is 3. The van der Waals surface area contributed by atoms with Crippen LogP contribution in [0.15, 0.2) is 36.4 Å². The van der Waals surface area contributed by atoms with Crippen LogP contribution < -0.4 is 15.5 Å². The summed E-state index contributed by atoms with van der Waals surface area (Å²) >= 11 is 0. The Balaban J connectivity index is 1.57. The lowest BCUT2D eigenvalue weighted by molar-refractivity contribution is -0.129. The standard InChI is InChI=1S/C18H20N4O4/c1-12-3-4-13(2)22(12)20-17(24)14-5-7-15(8-6-14)26-11-16(23)21-10-9-19-18(21)25/h3-8H,9-11H2,1-2H3,(H,19,25)(H,20,24). The molecule has 8 nitrogen and oxygen atoms in total. The smallest absolute Gasteiger partial charge is 0.324 e. The van der Waals surface area contributed by atoms with Gasteiger partial charge < -0.3 is 10.1 Å². The zero-order chi connectivity index (χ0) is 18.7. The molecule has 0 bridgehead atoms. The molecule has 136 valence electrons. The van der Waals surface area contributed by atoms with Gasteiger partial charge in [-0.2, -0.15) is 0 Å². The predicted molar refractivity (Wildman–Crippen MR) is 94.6 cm³/mol. The van der Waals surface area contributed by atoms with Crippen molar-refractivity contribution in [3.63, 3.8) is 0 Å². The number of hydrogen-bond donors (Lipinski definition) is 2. The quantitative estimate of drug-likeness (QED) is 0.847. The highest BCUT2D eigenvalue weighted by Crippen LogP contribution is 2.13. The van der Waals surface area contributed by atoms with E-state index in [1.165, 1.54) is 0 Å². The first kappa shape index (κ1) is 17.5. The summed E-state index contributed by atoms with van der Waals surface area (Å²) in [4.78, 5) is 36.8. The minimum Gasteiger partial charge on any atom is -0.484 e. The normalized spacial score (nSPS) is 13.5.